The number of amides is 1. The Bertz CT molecular complexity index is 482. The van der Waals surface area contributed by atoms with Gasteiger partial charge >= 0.3 is 0 Å². The Hall–Kier alpha value is -1.32. The van der Waals surface area contributed by atoms with Crippen LogP contribution >= 0.6 is 0 Å². The Kier molecular flexibility index (Phi) is 4.61. The molecule has 116 valence electrons. The summed E-state index contributed by atoms with van der Waals surface area (Å²) in [5.41, 5.74) is 1.27. The summed E-state index contributed by atoms with van der Waals surface area (Å²) < 4.78 is 2.44. The summed E-state index contributed by atoms with van der Waals surface area (Å²) in [6.07, 6.45) is 12.9. The molecule has 0 spiro atoms. The molecular formula is C17H27N3O. The van der Waals surface area contributed by atoms with Crippen LogP contribution in [-0.2, 0) is 11.2 Å². The van der Waals surface area contributed by atoms with Crippen molar-refractivity contribution in [3.63, 3.8) is 0 Å². The molecule has 0 bridgehead atoms. The quantitative estimate of drug-likeness (QED) is 0.846. The third-order valence-electron chi connectivity index (χ3n) is 4.84. The molecule has 0 atom stereocenters. The van der Waals surface area contributed by atoms with Crippen LogP contribution in [-0.4, -0.2) is 22.0 Å². The topological polar surface area (TPSA) is 46.9 Å². The molecule has 2 saturated carbocycles. The second kappa shape index (κ2) is 6.63. The molecular weight excluding hydrogens is 262 g/mol. The first-order valence-corrected chi connectivity index (χ1v) is 8.56. The van der Waals surface area contributed by atoms with Crippen molar-refractivity contribution >= 4 is 5.91 Å². The van der Waals surface area contributed by atoms with Gasteiger partial charge in [-0.15, -0.1) is 0 Å². The van der Waals surface area contributed by atoms with E-state index in [1.165, 1.54) is 44.2 Å². The molecule has 1 N–H and O–H groups in total. The molecule has 0 aliphatic heterocycles. The van der Waals surface area contributed by atoms with Gasteiger partial charge < -0.3 is 9.88 Å². The fourth-order valence-corrected chi connectivity index (χ4v) is 3.48. The summed E-state index contributed by atoms with van der Waals surface area (Å²) in [5.74, 6) is 1.68. The van der Waals surface area contributed by atoms with Crippen molar-refractivity contribution < 1.29 is 4.79 Å². The van der Waals surface area contributed by atoms with Gasteiger partial charge in [-0.2, -0.15) is 0 Å². The minimum atomic E-state index is 0.235. The minimum absolute atomic E-state index is 0.235. The van der Waals surface area contributed by atoms with Gasteiger partial charge in [-0.3, -0.25) is 4.79 Å². The SMILES string of the molecule is Cc1cnc(CCNC(=O)C2CC2)n1C1CCCCCC1. The van der Waals surface area contributed by atoms with Crippen molar-refractivity contribution in [1.82, 2.24) is 14.9 Å². The van der Waals surface area contributed by atoms with Crippen LogP contribution in [0.4, 0.5) is 0 Å². The molecule has 1 heterocycles. The van der Waals surface area contributed by atoms with Crippen LogP contribution in [0.2, 0.25) is 0 Å². The van der Waals surface area contributed by atoms with E-state index in [1.807, 2.05) is 6.20 Å². The Labute approximate surface area is 127 Å². The lowest BCUT2D eigenvalue weighted by atomic mass is 10.1. The first-order chi connectivity index (χ1) is 10.3. The van der Waals surface area contributed by atoms with Crippen LogP contribution in [0.25, 0.3) is 0 Å². The van der Waals surface area contributed by atoms with Gasteiger partial charge in [-0.1, -0.05) is 25.7 Å². The fraction of sp³-hybridized carbons (Fsp3) is 0.765. The number of hydrogen-bond acceptors (Lipinski definition) is 2. The van der Waals surface area contributed by atoms with Crippen molar-refractivity contribution in [2.75, 3.05) is 6.54 Å². The van der Waals surface area contributed by atoms with Crippen molar-refractivity contribution in [1.29, 1.82) is 0 Å². The number of nitrogens with zero attached hydrogens (tertiary/aromatic N) is 2. The van der Waals surface area contributed by atoms with Gasteiger partial charge in [-0.25, -0.2) is 4.98 Å². The lowest BCUT2D eigenvalue weighted by Crippen LogP contribution is -2.28. The smallest absolute Gasteiger partial charge is 0.223 e. The molecule has 3 rings (SSSR count). The van der Waals surface area contributed by atoms with Crippen LogP contribution in [0.5, 0.6) is 0 Å². The van der Waals surface area contributed by atoms with Crippen LogP contribution in [0.3, 0.4) is 0 Å². The van der Waals surface area contributed by atoms with Gasteiger partial charge in [0.25, 0.3) is 0 Å². The lowest BCUT2D eigenvalue weighted by molar-refractivity contribution is -0.122. The molecule has 0 radical (unpaired) electrons. The molecule has 2 aliphatic rings. The number of carbonyl (C=O) groups excluding carboxylic acids is 1. The number of hydrogen-bond donors (Lipinski definition) is 1. The van der Waals surface area contributed by atoms with Crippen molar-refractivity contribution in [3.8, 4) is 0 Å². The van der Waals surface area contributed by atoms with Crippen LogP contribution < -0.4 is 5.32 Å². The van der Waals surface area contributed by atoms with Crippen LogP contribution in [0, 0.1) is 12.8 Å². The third-order valence-corrected chi connectivity index (χ3v) is 4.84. The molecule has 4 nitrogen and oxygen atoms in total. The molecule has 4 heteroatoms. The van der Waals surface area contributed by atoms with Gasteiger partial charge in [0.2, 0.25) is 5.91 Å². The maximum absolute atomic E-state index is 11.7. The maximum Gasteiger partial charge on any atom is 0.223 e. The van der Waals surface area contributed by atoms with Crippen molar-refractivity contribution in [2.24, 2.45) is 5.92 Å². The molecule has 2 aliphatic carbocycles. The van der Waals surface area contributed by atoms with Crippen LogP contribution in [0.1, 0.15) is 68.9 Å². The Morgan fingerprint density at radius 2 is 1.95 bits per heavy atom. The number of rotatable bonds is 5. The number of aryl methyl sites for hydroxylation is 1. The molecule has 0 unspecified atom stereocenters. The van der Waals surface area contributed by atoms with E-state index in [0.29, 0.717) is 12.0 Å². The molecule has 0 saturated heterocycles. The molecule has 0 aromatic carbocycles. The van der Waals surface area contributed by atoms with Gasteiger partial charge in [0.15, 0.2) is 0 Å². The van der Waals surface area contributed by atoms with Crippen molar-refractivity contribution in [2.45, 2.75) is 70.8 Å². The average Bonchev–Trinajstić information content (AvgIpc) is 3.28. The summed E-state index contributed by atoms with van der Waals surface area (Å²) in [6, 6.07) is 0.615. The highest BCUT2D eigenvalue weighted by molar-refractivity contribution is 5.80. The summed E-state index contributed by atoms with van der Waals surface area (Å²) >= 11 is 0. The predicted molar refractivity (Wildman–Crippen MR) is 83.1 cm³/mol. The van der Waals surface area contributed by atoms with Gasteiger partial charge in [0, 0.05) is 36.8 Å². The monoisotopic (exact) mass is 289 g/mol. The standard InChI is InChI=1S/C17H27N3O/c1-13-12-19-16(10-11-18-17(21)14-8-9-14)20(13)15-6-4-2-3-5-7-15/h12,14-15H,2-11H2,1H3,(H,18,21). The number of carbonyl (C=O) groups is 1. The second-order valence-corrected chi connectivity index (χ2v) is 6.65. The Morgan fingerprint density at radius 3 is 2.62 bits per heavy atom. The average molecular weight is 289 g/mol. The maximum atomic E-state index is 11.7. The Balaban J connectivity index is 1.60. The molecule has 21 heavy (non-hydrogen) atoms. The number of imidazole rings is 1. The minimum Gasteiger partial charge on any atom is -0.355 e. The Morgan fingerprint density at radius 1 is 1.24 bits per heavy atom. The van der Waals surface area contributed by atoms with Gasteiger partial charge in [0.05, 0.1) is 0 Å². The number of nitrogens with one attached hydrogen (secondary N) is 1. The highest BCUT2D eigenvalue weighted by Crippen LogP contribution is 2.30. The normalized spacial score (nSPS) is 20.2. The second-order valence-electron chi connectivity index (χ2n) is 6.65. The highest BCUT2D eigenvalue weighted by atomic mass is 16.2. The first kappa shape index (κ1) is 14.6. The highest BCUT2D eigenvalue weighted by Gasteiger charge is 2.29. The summed E-state index contributed by atoms with van der Waals surface area (Å²) in [7, 11) is 0. The van der Waals surface area contributed by atoms with Crippen LogP contribution in [0.15, 0.2) is 6.20 Å². The van der Waals surface area contributed by atoms with E-state index < -0.39 is 0 Å². The van der Waals surface area contributed by atoms with E-state index in [-0.39, 0.29) is 5.91 Å². The zero-order chi connectivity index (χ0) is 14.7. The fourth-order valence-electron chi connectivity index (χ4n) is 3.48. The van der Waals surface area contributed by atoms with E-state index in [0.717, 1.165) is 31.6 Å². The summed E-state index contributed by atoms with van der Waals surface area (Å²) in [6.45, 7) is 2.88. The first-order valence-electron chi connectivity index (χ1n) is 8.56. The van der Waals surface area contributed by atoms with E-state index in [2.05, 4.69) is 21.8 Å². The van der Waals surface area contributed by atoms with Crippen molar-refractivity contribution in [3.05, 3.63) is 17.7 Å². The van der Waals surface area contributed by atoms with E-state index in [1.54, 1.807) is 0 Å². The van der Waals surface area contributed by atoms with E-state index >= 15 is 0 Å². The molecule has 1 amide bonds. The summed E-state index contributed by atoms with van der Waals surface area (Å²) in [4.78, 5) is 16.3. The zero-order valence-corrected chi connectivity index (χ0v) is 13.1. The predicted octanol–water partition coefficient (Wildman–Crippen LogP) is 3.16. The van der Waals surface area contributed by atoms with Gasteiger partial charge in [0.1, 0.15) is 5.82 Å². The molecule has 1 aromatic heterocycles. The molecule has 1 aromatic rings. The molecule has 2 fully saturated rings. The number of aromatic nitrogens is 2. The summed E-state index contributed by atoms with van der Waals surface area (Å²) in [5, 5.41) is 3.05. The third kappa shape index (κ3) is 3.66. The largest absolute Gasteiger partial charge is 0.355 e. The van der Waals surface area contributed by atoms with E-state index in [9.17, 15) is 4.79 Å². The van der Waals surface area contributed by atoms with Gasteiger partial charge in [-0.05, 0) is 32.6 Å². The lowest BCUT2D eigenvalue weighted by Gasteiger charge is -2.21. The van der Waals surface area contributed by atoms with E-state index in [4.69, 9.17) is 0 Å². The zero-order valence-electron chi connectivity index (χ0n) is 13.1.